The zero-order valence-electron chi connectivity index (χ0n) is 8.73. The molecule has 1 unspecified atom stereocenters. The molecule has 0 amide bonds. The topological polar surface area (TPSA) is 71.5 Å². The number of hydrogen-bond acceptors (Lipinski definition) is 4. The van der Waals surface area contributed by atoms with E-state index in [0.717, 1.165) is 0 Å². The Kier molecular flexibility index (Phi) is 3.91. The minimum atomic E-state index is -0.867. The molecule has 0 saturated carbocycles. The second-order valence-electron chi connectivity index (χ2n) is 3.03. The number of carboxylic acids is 1. The summed E-state index contributed by atoms with van der Waals surface area (Å²) < 4.78 is 4.93. The van der Waals surface area contributed by atoms with Gasteiger partial charge in [0.25, 0.3) is 0 Å². The molecular weight excluding hydrogens is 196 g/mol. The number of nitrogens with zero attached hydrogens (tertiary/aromatic N) is 1. The van der Waals surface area contributed by atoms with Gasteiger partial charge in [-0.25, -0.2) is 9.78 Å². The van der Waals surface area contributed by atoms with E-state index in [2.05, 4.69) is 10.3 Å². The number of carbonyl (C=O) groups is 1. The lowest BCUT2D eigenvalue weighted by Crippen LogP contribution is -2.28. The molecule has 1 atom stereocenters. The number of hydrogen-bond donors (Lipinski definition) is 2. The lowest BCUT2D eigenvalue weighted by molar-refractivity contribution is -0.137. The number of methoxy groups -OCH3 is 1. The van der Waals surface area contributed by atoms with Crippen molar-refractivity contribution in [2.24, 2.45) is 0 Å². The summed E-state index contributed by atoms with van der Waals surface area (Å²) in [5, 5.41) is 11.7. The molecule has 15 heavy (non-hydrogen) atoms. The first-order chi connectivity index (χ1) is 7.17. The molecule has 2 N–H and O–H groups in total. The van der Waals surface area contributed by atoms with Gasteiger partial charge in [0.15, 0.2) is 0 Å². The van der Waals surface area contributed by atoms with Gasteiger partial charge < -0.3 is 15.2 Å². The lowest BCUT2D eigenvalue weighted by atomic mass is 10.2. The molecule has 82 valence electrons. The van der Waals surface area contributed by atoms with Gasteiger partial charge in [-0.2, -0.15) is 0 Å². The summed E-state index contributed by atoms with van der Waals surface area (Å²) in [5.74, 6) is -0.409. The van der Waals surface area contributed by atoms with E-state index in [-0.39, 0.29) is 0 Å². The minimum Gasteiger partial charge on any atom is -0.481 e. The normalized spacial score (nSPS) is 11.9. The van der Waals surface area contributed by atoms with Gasteiger partial charge in [0.1, 0.15) is 6.04 Å². The van der Waals surface area contributed by atoms with Crippen molar-refractivity contribution < 1.29 is 14.6 Å². The Morgan fingerprint density at radius 2 is 2.47 bits per heavy atom. The van der Waals surface area contributed by atoms with Crippen LogP contribution < -0.4 is 10.1 Å². The first-order valence-electron chi connectivity index (χ1n) is 4.66. The van der Waals surface area contributed by atoms with Gasteiger partial charge in [-0.3, -0.25) is 0 Å². The molecule has 1 rings (SSSR count). The summed E-state index contributed by atoms with van der Waals surface area (Å²) in [6.45, 7) is 1.81. The van der Waals surface area contributed by atoms with Crippen molar-refractivity contribution in [2.45, 2.75) is 19.4 Å². The maximum absolute atomic E-state index is 10.8. The van der Waals surface area contributed by atoms with Crippen LogP contribution in [0.1, 0.15) is 13.3 Å². The lowest BCUT2D eigenvalue weighted by Gasteiger charge is -2.13. The summed E-state index contributed by atoms with van der Waals surface area (Å²) in [6.07, 6.45) is 2.08. The number of pyridine rings is 1. The maximum atomic E-state index is 10.8. The highest BCUT2D eigenvalue weighted by atomic mass is 16.5. The molecule has 0 aliphatic rings. The SMILES string of the molecule is CCC(Nc1ccnc(OC)c1)C(=O)O. The molecule has 0 radical (unpaired) electrons. The average Bonchev–Trinajstić information content (AvgIpc) is 2.25. The molecule has 5 heteroatoms. The summed E-state index contributed by atoms with van der Waals surface area (Å²) in [5.41, 5.74) is 0.691. The third-order valence-electron chi connectivity index (χ3n) is 1.99. The van der Waals surface area contributed by atoms with Crippen LogP contribution >= 0.6 is 0 Å². The van der Waals surface area contributed by atoms with Crippen molar-refractivity contribution in [3.63, 3.8) is 0 Å². The zero-order chi connectivity index (χ0) is 11.3. The van der Waals surface area contributed by atoms with Crippen molar-refractivity contribution in [3.05, 3.63) is 18.3 Å². The van der Waals surface area contributed by atoms with Crippen LogP contribution in [0.15, 0.2) is 18.3 Å². The van der Waals surface area contributed by atoms with Crippen molar-refractivity contribution in [1.29, 1.82) is 0 Å². The maximum Gasteiger partial charge on any atom is 0.326 e. The fourth-order valence-electron chi connectivity index (χ4n) is 1.15. The second kappa shape index (κ2) is 5.19. The predicted molar refractivity (Wildman–Crippen MR) is 56.1 cm³/mol. The highest BCUT2D eigenvalue weighted by molar-refractivity contribution is 5.77. The van der Waals surface area contributed by atoms with Gasteiger partial charge >= 0.3 is 5.97 Å². The van der Waals surface area contributed by atoms with E-state index >= 15 is 0 Å². The van der Waals surface area contributed by atoms with E-state index in [9.17, 15) is 4.79 Å². The zero-order valence-corrected chi connectivity index (χ0v) is 8.73. The van der Waals surface area contributed by atoms with Crippen molar-refractivity contribution in [1.82, 2.24) is 4.98 Å². The summed E-state index contributed by atoms with van der Waals surface area (Å²) in [4.78, 5) is 14.7. The minimum absolute atomic E-state index is 0.459. The number of carboxylic acid groups (broad SMARTS) is 1. The van der Waals surface area contributed by atoms with E-state index in [1.165, 1.54) is 7.11 Å². The van der Waals surface area contributed by atoms with Crippen LogP contribution in [0.5, 0.6) is 5.88 Å². The highest BCUT2D eigenvalue weighted by Crippen LogP contribution is 2.15. The molecule has 1 aromatic rings. The summed E-state index contributed by atoms with van der Waals surface area (Å²) in [7, 11) is 1.51. The Hall–Kier alpha value is -1.78. The van der Waals surface area contributed by atoms with Crippen LogP contribution in [-0.2, 0) is 4.79 Å². The molecule has 0 aliphatic carbocycles. The van der Waals surface area contributed by atoms with Gasteiger partial charge in [0.05, 0.1) is 7.11 Å². The van der Waals surface area contributed by atoms with Gasteiger partial charge in [-0.05, 0) is 12.5 Å². The molecular formula is C10H14N2O3. The van der Waals surface area contributed by atoms with E-state index in [4.69, 9.17) is 9.84 Å². The number of aliphatic carboxylic acids is 1. The molecule has 0 saturated heterocycles. The Morgan fingerprint density at radius 3 is 3.00 bits per heavy atom. The van der Waals surface area contributed by atoms with Gasteiger partial charge in [-0.1, -0.05) is 6.92 Å². The Balaban J connectivity index is 2.74. The highest BCUT2D eigenvalue weighted by Gasteiger charge is 2.14. The molecule has 0 fully saturated rings. The van der Waals surface area contributed by atoms with Crippen LogP contribution in [0.4, 0.5) is 5.69 Å². The molecule has 1 aromatic heterocycles. The van der Waals surface area contributed by atoms with E-state index in [1.807, 2.05) is 6.92 Å². The fraction of sp³-hybridized carbons (Fsp3) is 0.400. The number of nitrogens with one attached hydrogen (secondary N) is 1. The Morgan fingerprint density at radius 1 is 1.73 bits per heavy atom. The van der Waals surface area contributed by atoms with Gasteiger partial charge in [-0.15, -0.1) is 0 Å². The number of anilines is 1. The first-order valence-corrected chi connectivity index (χ1v) is 4.66. The monoisotopic (exact) mass is 210 g/mol. The Labute approximate surface area is 88.1 Å². The Bertz CT molecular complexity index is 341. The number of aromatic nitrogens is 1. The number of ether oxygens (including phenoxy) is 1. The third kappa shape index (κ3) is 3.12. The summed E-state index contributed by atoms with van der Waals surface area (Å²) in [6, 6.07) is 2.77. The van der Waals surface area contributed by atoms with Crippen molar-refractivity contribution in [3.8, 4) is 5.88 Å². The molecule has 1 heterocycles. The summed E-state index contributed by atoms with van der Waals surface area (Å²) >= 11 is 0. The van der Waals surface area contributed by atoms with Crippen molar-refractivity contribution >= 4 is 11.7 Å². The first kappa shape index (κ1) is 11.3. The third-order valence-corrected chi connectivity index (χ3v) is 1.99. The smallest absolute Gasteiger partial charge is 0.326 e. The molecule has 0 spiro atoms. The van der Waals surface area contributed by atoms with Crippen LogP contribution in [-0.4, -0.2) is 29.2 Å². The fourth-order valence-corrected chi connectivity index (χ4v) is 1.15. The van der Waals surface area contributed by atoms with Gasteiger partial charge in [0, 0.05) is 18.0 Å². The number of rotatable bonds is 5. The van der Waals surface area contributed by atoms with Crippen LogP contribution in [0, 0.1) is 0 Å². The molecule has 0 aliphatic heterocycles. The van der Waals surface area contributed by atoms with Crippen LogP contribution in [0.2, 0.25) is 0 Å². The largest absolute Gasteiger partial charge is 0.481 e. The molecule has 0 aromatic carbocycles. The van der Waals surface area contributed by atoms with E-state index in [1.54, 1.807) is 18.3 Å². The standard InChI is InChI=1S/C10H14N2O3/c1-3-8(10(13)14)12-7-4-5-11-9(6-7)15-2/h4-6,8H,3H2,1-2H3,(H,11,12)(H,13,14). The molecule has 0 bridgehead atoms. The predicted octanol–water partition coefficient (Wildman–Crippen LogP) is 1.37. The van der Waals surface area contributed by atoms with E-state index in [0.29, 0.717) is 18.0 Å². The second-order valence-corrected chi connectivity index (χ2v) is 3.03. The van der Waals surface area contributed by atoms with Crippen LogP contribution in [0.25, 0.3) is 0 Å². The van der Waals surface area contributed by atoms with E-state index < -0.39 is 12.0 Å². The van der Waals surface area contributed by atoms with Gasteiger partial charge in [0.2, 0.25) is 5.88 Å². The quantitative estimate of drug-likeness (QED) is 0.767. The van der Waals surface area contributed by atoms with Crippen molar-refractivity contribution in [2.75, 3.05) is 12.4 Å². The average molecular weight is 210 g/mol. The molecule has 5 nitrogen and oxygen atoms in total. The van der Waals surface area contributed by atoms with Crippen LogP contribution in [0.3, 0.4) is 0 Å².